The first-order chi connectivity index (χ1) is 34.6. The highest BCUT2D eigenvalue weighted by Gasteiger charge is 2.47. The van der Waals surface area contributed by atoms with Crippen LogP contribution in [0, 0.1) is 0 Å². The van der Waals surface area contributed by atoms with Crippen molar-refractivity contribution < 1.29 is 69.0 Å². The summed E-state index contributed by atoms with van der Waals surface area (Å²) < 4.78 is 34.4. The largest absolute Gasteiger partial charge is 0.457 e. The Balaban J connectivity index is 1.72. The molecule has 2 heterocycles. The third-order valence-electron chi connectivity index (χ3n) is 13.6. The van der Waals surface area contributed by atoms with Crippen molar-refractivity contribution in [1.82, 2.24) is 0 Å². The first-order valence-electron chi connectivity index (χ1n) is 28.6. The molecule has 11 atom stereocenters. The first-order valence-corrected chi connectivity index (χ1v) is 28.6. The van der Waals surface area contributed by atoms with Gasteiger partial charge in [0.05, 0.1) is 26.4 Å². The number of aliphatic hydroxyl groups is 7. The molecule has 11 unspecified atom stereocenters. The molecule has 0 spiro atoms. The minimum absolute atomic E-state index is 0.0574. The van der Waals surface area contributed by atoms with E-state index in [4.69, 9.17) is 28.4 Å². The number of carbonyl (C=O) groups excluding carboxylic acids is 1. The molecule has 2 saturated heterocycles. The normalized spacial score (nSPS) is 25.5. The Bertz CT molecular complexity index is 1310. The molecule has 2 aliphatic rings. The van der Waals surface area contributed by atoms with Crippen molar-refractivity contribution in [2.75, 3.05) is 33.0 Å². The van der Waals surface area contributed by atoms with E-state index in [1.807, 2.05) is 0 Å². The Kier molecular flexibility index (Phi) is 40.9. The van der Waals surface area contributed by atoms with Crippen molar-refractivity contribution >= 4 is 5.97 Å². The van der Waals surface area contributed by atoms with Crippen molar-refractivity contribution in [3.8, 4) is 0 Å². The van der Waals surface area contributed by atoms with Crippen molar-refractivity contribution in [1.29, 1.82) is 0 Å². The zero-order valence-electron chi connectivity index (χ0n) is 44.5. The molecule has 0 amide bonds. The molecule has 2 aliphatic heterocycles. The molecule has 416 valence electrons. The van der Waals surface area contributed by atoms with Crippen molar-refractivity contribution in [2.24, 2.45) is 0 Å². The molecule has 0 aromatic rings. The van der Waals surface area contributed by atoms with Gasteiger partial charge in [0.1, 0.15) is 54.9 Å². The lowest BCUT2D eigenvalue weighted by Crippen LogP contribution is -2.61. The standard InChI is InChI=1S/C57H104O14/c1-3-5-7-9-11-13-15-17-19-20-21-22-23-24-25-27-29-31-33-35-37-39-41-66-43-46(69-49(59)40-38-36-34-32-30-28-26-18-16-14-12-10-8-6-4-2)44-67-56-55(65)53(63)51(61)48(71-56)45-68-57-54(64)52(62)50(60)47(42-58)70-57/h15,17-18,20-21,26,46-48,50-58,60-65H,3-14,16,19,22-25,27-45H2,1-2H3/b17-15-,21-20-,26-18-. The zero-order valence-corrected chi connectivity index (χ0v) is 44.5. The lowest BCUT2D eigenvalue weighted by Gasteiger charge is -2.42. The van der Waals surface area contributed by atoms with Crippen LogP contribution in [0.4, 0.5) is 0 Å². The minimum Gasteiger partial charge on any atom is -0.457 e. The van der Waals surface area contributed by atoms with Crippen molar-refractivity contribution in [2.45, 2.75) is 287 Å². The number of esters is 1. The topological polar surface area (TPSA) is 214 Å². The second kappa shape index (κ2) is 44.5. The molecule has 71 heavy (non-hydrogen) atoms. The third kappa shape index (κ3) is 31.6. The van der Waals surface area contributed by atoms with Crippen LogP contribution in [0.2, 0.25) is 0 Å². The summed E-state index contributed by atoms with van der Waals surface area (Å²) >= 11 is 0. The Morgan fingerprint density at radius 2 is 0.873 bits per heavy atom. The predicted molar refractivity (Wildman–Crippen MR) is 280 cm³/mol. The number of allylic oxidation sites excluding steroid dienone is 6. The lowest BCUT2D eigenvalue weighted by molar-refractivity contribution is -0.332. The number of unbranched alkanes of at least 4 members (excludes halogenated alkanes) is 26. The molecular weight excluding hydrogens is 909 g/mol. The van der Waals surface area contributed by atoms with Gasteiger partial charge >= 0.3 is 5.97 Å². The van der Waals surface area contributed by atoms with Crippen molar-refractivity contribution in [3.63, 3.8) is 0 Å². The molecule has 2 rings (SSSR count). The smallest absolute Gasteiger partial charge is 0.306 e. The highest BCUT2D eigenvalue weighted by molar-refractivity contribution is 5.69. The summed E-state index contributed by atoms with van der Waals surface area (Å²) in [5.74, 6) is -0.384. The van der Waals surface area contributed by atoms with Gasteiger partial charge in [-0.05, 0) is 70.6 Å². The average Bonchev–Trinajstić information content (AvgIpc) is 3.37. The van der Waals surface area contributed by atoms with Crippen LogP contribution in [0.25, 0.3) is 0 Å². The van der Waals surface area contributed by atoms with Crippen LogP contribution in [-0.4, -0.2) is 142 Å². The molecule has 0 aliphatic carbocycles. The van der Waals surface area contributed by atoms with Crippen LogP contribution in [-0.2, 0) is 33.2 Å². The van der Waals surface area contributed by atoms with E-state index in [2.05, 4.69) is 50.3 Å². The van der Waals surface area contributed by atoms with Gasteiger partial charge in [-0.2, -0.15) is 0 Å². The molecular formula is C57H104O14. The lowest BCUT2D eigenvalue weighted by atomic mass is 9.98. The maximum atomic E-state index is 13.0. The summed E-state index contributed by atoms with van der Waals surface area (Å²) in [6, 6.07) is 0. The molecule has 2 fully saturated rings. The maximum absolute atomic E-state index is 13.0. The quantitative estimate of drug-likeness (QED) is 0.0172. The molecule has 0 saturated carbocycles. The summed E-state index contributed by atoms with van der Waals surface area (Å²) in [4.78, 5) is 13.0. The van der Waals surface area contributed by atoms with Gasteiger partial charge in [-0.15, -0.1) is 0 Å². The summed E-state index contributed by atoms with van der Waals surface area (Å²) in [7, 11) is 0. The molecule has 14 heteroatoms. The zero-order chi connectivity index (χ0) is 51.6. The third-order valence-corrected chi connectivity index (χ3v) is 13.6. The number of carbonyl (C=O) groups is 1. The Morgan fingerprint density at radius 3 is 1.37 bits per heavy atom. The number of ether oxygens (including phenoxy) is 6. The van der Waals surface area contributed by atoms with Gasteiger partial charge in [0, 0.05) is 13.0 Å². The van der Waals surface area contributed by atoms with Crippen LogP contribution < -0.4 is 0 Å². The average molecular weight is 1010 g/mol. The second-order valence-electron chi connectivity index (χ2n) is 20.1. The van der Waals surface area contributed by atoms with E-state index in [0.717, 1.165) is 64.2 Å². The molecule has 0 radical (unpaired) electrons. The Labute approximate surface area is 429 Å². The minimum atomic E-state index is -1.71. The van der Waals surface area contributed by atoms with Gasteiger partial charge < -0.3 is 64.2 Å². The molecule has 0 bridgehead atoms. The highest BCUT2D eigenvalue weighted by Crippen LogP contribution is 2.26. The van der Waals surface area contributed by atoms with E-state index in [1.165, 1.54) is 128 Å². The highest BCUT2D eigenvalue weighted by atomic mass is 16.7. The van der Waals surface area contributed by atoms with Gasteiger partial charge in [-0.25, -0.2) is 0 Å². The fraction of sp³-hybridized carbons (Fsp3) is 0.877. The van der Waals surface area contributed by atoms with Crippen LogP contribution >= 0.6 is 0 Å². The van der Waals surface area contributed by atoms with E-state index in [9.17, 15) is 40.5 Å². The first kappa shape index (κ1) is 65.3. The maximum Gasteiger partial charge on any atom is 0.306 e. The van der Waals surface area contributed by atoms with Gasteiger partial charge in [0.2, 0.25) is 0 Å². The summed E-state index contributed by atoms with van der Waals surface area (Å²) in [5.41, 5.74) is 0. The van der Waals surface area contributed by atoms with E-state index >= 15 is 0 Å². The fourth-order valence-corrected chi connectivity index (χ4v) is 8.96. The van der Waals surface area contributed by atoms with Gasteiger partial charge in [-0.3, -0.25) is 4.79 Å². The number of hydrogen-bond donors (Lipinski definition) is 7. The van der Waals surface area contributed by atoms with Gasteiger partial charge in [0.25, 0.3) is 0 Å². The SMILES string of the molecule is CCCCCCC/C=C\C/C=C\CCCCCCCCCCCCOCC(COC1OC(COC2OC(CO)C(O)C(O)C2O)C(O)C(O)C1O)OC(=O)CCCCCCC/C=C\CCCCCCCC. The van der Waals surface area contributed by atoms with Gasteiger partial charge in [0.15, 0.2) is 12.6 Å². The fourth-order valence-electron chi connectivity index (χ4n) is 8.96. The molecule has 0 aromatic carbocycles. The van der Waals surface area contributed by atoms with Crippen LogP contribution in [0.5, 0.6) is 0 Å². The number of aliphatic hydroxyl groups excluding tert-OH is 7. The Hall–Kier alpha value is -1.79. The van der Waals surface area contributed by atoms with Crippen LogP contribution in [0.15, 0.2) is 36.5 Å². The van der Waals surface area contributed by atoms with Crippen molar-refractivity contribution in [3.05, 3.63) is 36.5 Å². The molecule has 0 aromatic heterocycles. The Morgan fingerprint density at radius 1 is 0.465 bits per heavy atom. The van der Waals surface area contributed by atoms with Gasteiger partial charge in [-0.1, -0.05) is 179 Å². The summed E-state index contributed by atoms with van der Waals surface area (Å²) in [5, 5.41) is 72.3. The monoisotopic (exact) mass is 1010 g/mol. The van der Waals surface area contributed by atoms with E-state index in [-0.39, 0.29) is 25.6 Å². The molecule has 14 nitrogen and oxygen atoms in total. The predicted octanol–water partition coefficient (Wildman–Crippen LogP) is 9.75. The summed E-state index contributed by atoms with van der Waals surface area (Å²) in [6.45, 7) is 3.68. The number of hydrogen-bond acceptors (Lipinski definition) is 14. The van der Waals surface area contributed by atoms with Crippen LogP contribution in [0.3, 0.4) is 0 Å². The second-order valence-corrected chi connectivity index (χ2v) is 20.1. The van der Waals surface area contributed by atoms with E-state index in [0.29, 0.717) is 13.0 Å². The number of rotatable bonds is 46. The summed E-state index contributed by atoms with van der Waals surface area (Å²) in [6.07, 6.45) is 34.9. The van der Waals surface area contributed by atoms with E-state index < -0.39 is 80.7 Å². The van der Waals surface area contributed by atoms with Crippen LogP contribution in [0.1, 0.15) is 219 Å². The van der Waals surface area contributed by atoms with E-state index in [1.54, 1.807) is 0 Å². The molecule has 7 N–H and O–H groups in total.